The first-order valence-corrected chi connectivity index (χ1v) is 8.95. The highest BCUT2D eigenvalue weighted by atomic mass is 32.2. The molecule has 22 heavy (non-hydrogen) atoms. The first-order chi connectivity index (χ1) is 10.5. The second-order valence-electron chi connectivity index (χ2n) is 5.69. The first-order valence-electron chi connectivity index (χ1n) is 7.10. The van der Waals surface area contributed by atoms with Crippen LogP contribution in [0.3, 0.4) is 0 Å². The lowest BCUT2D eigenvalue weighted by Crippen LogP contribution is -2.32. The zero-order chi connectivity index (χ0) is 15.3. The Morgan fingerprint density at radius 2 is 2.00 bits per heavy atom. The monoisotopic (exact) mass is 320 g/mol. The van der Waals surface area contributed by atoms with Gasteiger partial charge in [0.25, 0.3) is 0 Å². The van der Waals surface area contributed by atoms with Gasteiger partial charge in [-0.1, -0.05) is 35.5 Å². The molecule has 0 spiro atoms. The van der Waals surface area contributed by atoms with E-state index in [-0.39, 0.29) is 12.1 Å². The molecule has 7 nitrogen and oxygen atoms in total. The van der Waals surface area contributed by atoms with E-state index in [2.05, 4.69) is 10.3 Å². The number of fused-ring (bicyclic) bond motifs is 3. The molecule has 4 rings (SSSR count). The molecule has 2 aliphatic heterocycles. The predicted molar refractivity (Wildman–Crippen MR) is 79.5 cm³/mol. The molecule has 0 unspecified atom stereocenters. The minimum absolute atomic E-state index is 0.108. The average Bonchev–Trinajstić information content (AvgIpc) is 3.11. The molecular formula is C14H16N4O3S. The summed E-state index contributed by atoms with van der Waals surface area (Å²) in [6.45, 7) is 1.16. The number of hydrogen-bond acceptors (Lipinski definition) is 5. The summed E-state index contributed by atoms with van der Waals surface area (Å²) in [5.41, 5.74) is 2.70. The van der Waals surface area contributed by atoms with Gasteiger partial charge in [0, 0.05) is 18.7 Å². The molecule has 1 aromatic heterocycles. The molecule has 0 bridgehead atoms. The van der Waals surface area contributed by atoms with E-state index >= 15 is 0 Å². The number of rotatable bonds is 2. The Morgan fingerprint density at radius 3 is 2.73 bits per heavy atom. The van der Waals surface area contributed by atoms with Crippen molar-refractivity contribution < 1.29 is 13.2 Å². The third-order valence-electron chi connectivity index (χ3n) is 4.26. The van der Waals surface area contributed by atoms with E-state index in [1.165, 1.54) is 10.6 Å². The fourth-order valence-corrected chi connectivity index (χ4v) is 3.95. The molecular weight excluding hydrogens is 304 g/mol. The second-order valence-corrected chi connectivity index (χ2v) is 7.67. The van der Waals surface area contributed by atoms with Crippen LogP contribution < -0.4 is 0 Å². The molecule has 2 atom stereocenters. The van der Waals surface area contributed by atoms with Crippen molar-refractivity contribution in [2.75, 3.05) is 19.3 Å². The molecule has 0 amide bonds. The van der Waals surface area contributed by atoms with Crippen molar-refractivity contribution in [3.63, 3.8) is 0 Å². The fourth-order valence-electron chi connectivity index (χ4n) is 3.11. The Kier molecular flexibility index (Phi) is 3.07. The van der Waals surface area contributed by atoms with Crippen LogP contribution in [-0.4, -0.2) is 53.2 Å². The Hall–Kier alpha value is -1.77. The summed E-state index contributed by atoms with van der Waals surface area (Å²) in [4.78, 5) is 0. The molecule has 0 aliphatic carbocycles. The predicted octanol–water partition coefficient (Wildman–Crippen LogP) is 0.660. The van der Waals surface area contributed by atoms with Gasteiger partial charge in [-0.2, -0.15) is 4.31 Å². The Bertz CT molecular complexity index is 803. The summed E-state index contributed by atoms with van der Waals surface area (Å²) < 4.78 is 32.6. The van der Waals surface area contributed by atoms with Crippen LogP contribution in [-0.2, 0) is 21.4 Å². The highest BCUT2D eigenvalue weighted by Crippen LogP contribution is 2.34. The number of aromatic nitrogens is 3. The maximum atomic E-state index is 11.7. The lowest BCUT2D eigenvalue weighted by molar-refractivity contribution is -0.00361. The molecule has 0 saturated carbocycles. The molecule has 1 fully saturated rings. The van der Waals surface area contributed by atoms with Crippen molar-refractivity contribution in [2.24, 2.45) is 0 Å². The molecule has 116 valence electrons. The summed E-state index contributed by atoms with van der Waals surface area (Å²) in [6, 6.07) is 9.71. The maximum Gasteiger partial charge on any atom is 0.211 e. The third-order valence-corrected chi connectivity index (χ3v) is 5.50. The van der Waals surface area contributed by atoms with E-state index in [9.17, 15) is 8.42 Å². The summed E-state index contributed by atoms with van der Waals surface area (Å²) >= 11 is 0. The number of sulfonamides is 1. The highest BCUT2D eigenvalue weighted by molar-refractivity contribution is 7.88. The normalized spacial score (nSPS) is 25.0. The van der Waals surface area contributed by atoms with Crippen molar-refractivity contribution in [3.8, 4) is 11.3 Å². The van der Waals surface area contributed by atoms with Gasteiger partial charge >= 0.3 is 0 Å². The van der Waals surface area contributed by atoms with E-state index in [4.69, 9.17) is 4.74 Å². The quantitative estimate of drug-likeness (QED) is 0.812. The number of nitrogens with zero attached hydrogens (tertiary/aromatic N) is 4. The van der Waals surface area contributed by atoms with E-state index in [1.54, 1.807) is 0 Å². The maximum absolute atomic E-state index is 11.7. The molecule has 0 N–H and O–H groups in total. The van der Waals surface area contributed by atoms with Crippen LogP contribution in [0.1, 0.15) is 11.7 Å². The number of benzene rings is 1. The lowest BCUT2D eigenvalue weighted by Gasteiger charge is -2.26. The van der Waals surface area contributed by atoms with Crippen LogP contribution >= 0.6 is 0 Å². The van der Waals surface area contributed by atoms with E-state index in [0.717, 1.165) is 17.0 Å². The summed E-state index contributed by atoms with van der Waals surface area (Å²) in [5, 5.41) is 8.54. The Morgan fingerprint density at radius 1 is 1.23 bits per heavy atom. The van der Waals surface area contributed by atoms with Gasteiger partial charge in [-0.25, -0.2) is 13.1 Å². The van der Waals surface area contributed by atoms with Crippen LogP contribution in [0, 0.1) is 0 Å². The Labute approximate surface area is 128 Å². The summed E-state index contributed by atoms with van der Waals surface area (Å²) in [7, 11) is -3.22. The van der Waals surface area contributed by atoms with Crippen molar-refractivity contribution in [1.82, 2.24) is 19.3 Å². The molecule has 1 saturated heterocycles. The zero-order valence-corrected chi connectivity index (χ0v) is 12.9. The topological polar surface area (TPSA) is 77.3 Å². The second kappa shape index (κ2) is 4.87. The van der Waals surface area contributed by atoms with Gasteiger partial charge in [-0.05, 0) is 0 Å². The SMILES string of the molecule is CS(=O)(=O)N1C[C@@H]2OCc3c(-c4ccccc4)nnn3[C@H]2C1. The van der Waals surface area contributed by atoms with Gasteiger partial charge in [0.15, 0.2) is 0 Å². The highest BCUT2D eigenvalue weighted by Gasteiger charge is 2.43. The number of hydrogen-bond donors (Lipinski definition) is 0. The summed E-state index contributed by atoms with van der Waals surface area (Å²) in [6.07, 6.45) is 1.06. The zero-order valence-electron chi connectivity index (χ0n) is 12.1. The van der Waals surface area contributed by atoms with E-state index in [0.29, 0.717) is 19.7 Å². The molecule has 2 aromatic rings. The summed E-state index contributed by atoms with van der Waals surface area (Å²) in [5.74, 6) is 0. The molecule has 1 aromatic carbocycles. The standard InChI is InChI=1S/C14H16N4O3S/c1-22(19,20)17-7-11-13(8-17)21-9-12-14(15-16-18(11)12)10-5-3-2-4-6-10/h2-6,11,13H,7-9H2,1H3/t11-,13-/m0/s1. The minimum Gasteiger partial charge on any atom is -0.368 e. The van der Waals surface area contributed by atoms with Gasteiger partial charge in [-0.15, -0.1) is 5.10 Å². The fraction of sp³-hybridized carbons (Fsp3) is 0.429. The van der Waals surface area contributed by atoms with Crippen molar-refractivity contribution in [2.45, 2.75) is 18.8 Å². The molecule has 0 radical (unpaired) electrons. The van der Waals surface area contributed by atoms with Gasteiger partial charge in [0.05, 0.1) is 30.7 Å². The van der Waals surface area contributed by atoms with Gasteiger partial charge in [0.1, 0.15) is 5.69 Å². The van der Waals surface area contributed by atoms with Crippen LogP contribution in [0.4, 0.5) is 0 Å². The minimum atomic E-state index is -3.22. The van der Waals surface area contributed by atoms with Crippen LogP contribution in [0.2, 0.25) is 0 Å². The Balaban J connectivity index is 1.71. The smallest absolute Gasteiger partial charge is 0.211 e. The van der Waals surface area contributed by atoms with Gasteiger partial charge < -0.3 is 4.74 Å². The van der Waals surface area contributed by atoms with E-state index in [1.807, 2.05) is 35.0 Å². The number of ether oxygens (including phenoxy) is 1. The first kappa shape index (κ1) is 13.9. The molecule has 2 aliphatic rings. The van der Waals surface area contributed by atoms with Gasteiger partial charge in [0.2, 0.25) is 10.0 Å². The van der Waals surface area contributed by atoms with Crippen molar-refractivity contribution in [1.29, 1.82) is 0 Å². The van der Waals surface area contributed by atoms with Crippen LogP contribution in [0.25, 0.3) is 11.3 Å². The van der Waals surface area contributed by atoms with Gasteiger partial charge in [-0.3, -0.25) is 0 Å². The molecule has 3 heterocycles. The van der Waals surface area contributed by atoms with Crippen LogP contribution in [0.5, 0.6) is 0 Å². The van der Waals surface area contributed by atoms with Crippen molar-refractivity contribution >= 4 is 10.0 Å². The third kappa shape index (κ3) is 2.15. The molecule has 8 heteroatoms. The average molecular weight is 320 g/mol. The van der Waals surface area contributed by atoms with Crippen molar-refractivity contribution in [3.05, 3.63) is 36.0 Å². The lowest BCUT2D eigenvalue weighted by atomic mass is 10.1. The van der Waals surface area contributed by atoms with E-state index < -0.39 is 10.0 Å². The van der Waals surface area contributed by atoms with Crippen LogP contribution in [0.15, 0.2) is 30.3 Å². The largest absolute Gasteiger partial charge is 0.368 e.